The van der Waals surface area contributed by atoms with Crippen molar-refractivity contribution in [3.63, 3.8) is 0 Å². The van der Waals surface area contributed by atoms with E-state index in [1.54, 1.807) is 17.0 Å². The highest BCUT2D eigenvalue weighted by molar-refractivity contribution is 5.96. The van der Waals surface area contributed by atoms with Gasteiger partial charge in [0.15, 0.2) is 11.8 Å². The van der Waals surface area contributed by atoms with Crippen LogP contribution in [0.25, 0.3) is 0 Å². The van der Waals surface area contributed by atoms with Crippen LogP contribution in [-0.4, -0.2) is 64.2 Å². The van der Waals surface area contributed by atoms with Gasteiger partial charge in [-0.3, -0.25) is 14.5 Å². The average Bonchev–Trinajstić information content (AvgIpc) is 3.37. The molecule has 2 amide bonds. The number of ether oxygens (including phenoxy) is 1. The number of rotatable bonds is 3. The molecule has 1 aromatic heterocycles. The lowest BCUT2D eigenvalue weighted by Crippen LogP contribution is -2.58. The van der Waals surface area contributed by atoms with Crippen molar-refractivity contribution in [3.8, 4) is 0 Å². The van der Waals surface area contributed by atoms with Crippen molar-refractivity contribution in [2.24, 2.45) is 0 Å². The zero-order valence-electron chi connectivity index (χ0n) is 16.0. The maximum Gasteiger partial charge on any atom is 0.328 e. The highest BCUT2D eigenvalue weighted by atomic mass is 16.5. The van der Waals surface area contributed by atoms with E-state index in [4.69, 9.17) is 9.15 Å². The largest absolute Gasteiger partial charge is 0.480 e. The Kier molecular flexibility index (Phi) is 4.87. The van der Waals surface area contributed by atoms with E-state index in [1.807, 2.05) is 25.1 Å². The lowest BCUT2D eigenvalue weighted by molar-refractivity contribution is -0.143. The van der Waals surface area contributed by atoms with Gasteiger partial charge in [0.1, 0.15) is 5.72 Å². The number of carbonyl (C=O) groups is 3. The fourth-order valence-electron chi connectivity index (χ4n) is 4.12. The van der Waals surface area contributed by atoms with Crippen molar-refractivity contribution in [3.05, 3.63) is 59.5 Å². The molecule has 1 spiro atoms. The lowest BCUT2D eigenvalue weighted by atomic mass is 9.96. The highest BCUT2D eigenvalue weighted by Crippen LogP contribution is 2.38. The quantitative estimate of drug-likeness (QED) is 0.850. The van der Waals surface area contributed by atoms with Crippen LogP contribution in [0.3, 0.4) is 0 Å². The summed E-state index contributed by atoms with van der Waals surface area (Å²) in [7, 11) is 0. The van der Waals surface area contributed by atoms with Gasteiger partial charge in [-0.05, 0) is 30.7 Å². The maximum absolute atomic E-state index is 13.0. The summed E-state index contributed by atoms with van der Waals surface area (Å²) >= 11 is 0. The molecule has 2 aromatic rings. The number of hydrogen-bond acceptors (Lipinski definition) is 5. The molecule has 0 radical (unpaired) electrons. The third-order valence-electron chi connectivity index (χ3n) is 5.70. The number of nitrogens with zero attached hydrogens (tertiary/aromatic N) is 2. The molecule has 0 aliphatic carbocycles. The minimum atomic E-state index is -1.12. The molecular formula is C21H22N2O6. The molecule has 1 N–H and O–H groups in total. The molecule has 29 heavy (non-hydrogen) atoms. The number of furan rings is 1. The summed E-state index contributed by atoms with van der Waals surface area (Å²) in [5.41, 5.74) is 0.480. The van der Waals surface area contributed by atoms with Gasteiger partial charge in [-0.25, -0.2) is 4.79 Å². The van der Waals surface area contributed by atoms with Gasteiger partial charge < -0.3 is 19.2 Å². The first-order valence-corrected chi connectivity index (χ1v) is 9.52. The van der Waals surface area contributed by atoms with Crippen LogP contribution in [0, 0.1) is 6.92 Å². The second-order valence-electron chi connectivity index (χ2n) is 7.37. The number of carboxylic acids is 1. The van der Waals surface area contributed by atoms with Crippen LogP contribution in [0.2, 0.25) is 0 Å². The van der Waals surface area contributed by atoms with Crippen LogP contribution < -0.4 is 0 Å². The lowest BCUT2D eigenvalue weighted by Gasteiger charge is -2.44. The number of amides is 2. The Labute approximate surface area is 167 Å². The highest BCUT2D eigenvalue weighted by Gasteiger charge is 2.54. The molecule has 152 valence electrons. The summed E-state index contributed by atoms with van der Waals surface area (Å²) in [5, 5.41) is 9.59. The summed E-state index contributed by atoms with van der Waals surface area (Å²) in [6.45, 7) is 2.52. The zero-order valence-corrected chi connectivity index (χ0v) is 16.0. The summed E-state index contributed by atoms with van der Waals surface area (Å²) in [6.07, 6.45) is 2.04. The van der Waals surface area contributed by atoms with Crippen molar-refractivity contribution in [1.29, 1.82) is 0 Å². The molecular weight excluding hydrogens is 376 g/mol. The fourth-order valence-corrected chi connectivity index (χ4v) is 4.12. The number of aliphatic carboxylic acids is 1. The zero-order chi connectivity index (χ0) is 20.6. The Morgan fingerprint density at radius 2 is 1.79 bits per heavy atom. The van der Waals surface area contributed by atoms with Gasteiger partial charge in [-0.2, -0.15) is 0 Å². The number of carboxylic acid groups (broad SMARTS) is 1. The standard InChI is InChI=1S/C21H22N2O6/c1-14-5-2-3-6-15(14)18(24)22-10-8-21(9-11-22)23(16(13-29-21)20(26)27)19(25)17-7-4-12-28-17/h2-7,12,16H,8-11,13H2,1H3,(H,26,27)/t16-/m1/s1. The normalized spacial score (nSPS) is 20.8. The van der Waals surface area contributed by atoms with Crippen LogP contribution in [0.4, 0.5) is 0 Å². The van der Waals surface area contributed by atoms with Gasteiger partial charge in [0.05, 0.1) is 12.9 Å². The van der Waals surface area contributed by atoms with E-state index in [2.05, 4.69) is 0 Å². The molecule has 0 unspecified atom stereocenters. The first kappa shape index (κ1) is 19.2. The van der Waals surface area contributed by atoms with Crippen LogP contribution in [-0.2, 0) is 9.53 Å². The monoisotopic (exact) mass is 398 g/mol. The van der Waals surface area contributed by atoms with Crippen LogP contribution in [0.5, 0.6) is 0 Å². The minimum absolute atomic E-state index is 0.0690. The molecule has 4 rings (SSSR count). The van der Waals surface area contributed by atoms with E-state index in [9.17, 15) is 19.5 Å². The van der Waals surface area contributed by atoms with Gasteiger partial charge in [-0.1, -0.05) is 18.2 Å². The number of hydrogen-bond donors (Lipinski definition) is 1. The van der Waals surface area contributed by atoms with Gasteiger partial charge in [0.2, 0.25) is 0 Å². The van der Waals surface area contributed by atoms with Crippen molar-refractivity contribution in [2.45, 2.75) is 31.5 Å². The van der Waals surface area contributed by atoms with Gasteiger partial charge in [0, 0.05) is 31.5 Å². The van der Waals surface area contributed by atoms with Gasteiger partial charge in [-0.15, -0.1) is 0 Å². The second kappa shape index (κ2) is 7.36. The number of piperidine rings is 1. The smallest absolute Gasteiger partial charge is 0.328 e. The van der Waals surface area contributed by atoms with Crippen molar-refractivity contribution >= 4 is 17.8 Å². The Bertz CT molecular complexity index is 930. The Morgan fingerprint density at radius 3 is 2.41 bits per heavy atom. The SMILES string of the molecule is Cc1ccccc1C(=O)N1CCC2(CC1)OC[C@H](C(=O)O)N2C(=O)c1ccco1. The summed E-state index contributed by atoms with van der Waals surface area (Å²) in [4.78, 5) is 40.6. The van der Waals surface area contributed by atoms with Crippen LogP contribution in [0.1, 0.15) is 39.3 Å². The van der Waals surface area contributed by atoms with E-state index in [1.165, 1.54) is 17.2 Å². The predicted molar refractivity (Wildman–Crippen MR) is 101 cm³/mol. The molecule has 1 aromatic carbocycles. The summed E-state index contributed by atoms with van der Waals surface area (Å²) in [5.74, 6) is -1.65. The number of aryl methyl sites for hydroxylation is 1. The van der Waals surface area contributed by atoms with Gasteiger partial charge in [0.25, 0.3) is 11.8 Å². The third kappa shape index (κ3) is 3.29. The summed E-state index contributed by atoms with van der Waals surface area (Å²) in [6, 6.07) is 9.38. The average molecular weight is 398 g/mol. The molecule has 2 saturated heterocycles. The minimum Gasteiger partial charge on any atom is -0.480 e. The Balaban J connectivity index is 1.55. The fraction of sp³-hybridized carbons (Fsp3) is 0.381. The third-order valence-corrected chi connectivity index (χ3v) is 5.70. The molecule has 2 aliphatic heterocycles. The van der Waals surface area contributed by atoms with E-state index in [0.717, 1.165) is 5.56 Å². The van der Waals surface area contributed by atoms with E-state index < -0.39 is 23.6 Å². The van der Waals surface area contributed by atoms with Gasteiger partial charge >= 0.3 is 5.97 Å². The molecule has 8 heteroatoms. The van der Waals surface area contributed by atoms with E-state index >= 15 is 0 Å². The number of likely N-dealkylation sites (tertiary alicyclic amines) is 1. The van der Waals surface area contributed by atoms with Crippen LogP contribution in [0.15, 0.2) is 47.1 Å². The molecule has 3 heterocycles. The van der Waals surface area contributed by atoms with Crippen molar-refractivity contribution < 1.29 is 28.6 Å². The van der Waals surface area contributed by atoms with Crippen LogP contribution >= 0.6 is 0 Å². The number of benzene rings is 1. The molecule has 1 atom stereocenters. The molecule has 0 bridgehead atoms. The summed E-state index contributed by atoms with van der Waals surface area (Å²) < 4.78 is 11.1. The predicted octanol–water partition coefficient (Wildman–Crippen LogP) is 2.15. The molecule has 8 nitrogen and oxygen atoms in total. The molecule has 2 fully saturated rings. The van der Waals surface area contributed by atoms with E-state index in [0.29, 0.717) is 31.5 Å². The topological polar surface area (TPSA) is 100 Å². The van der Waals surface area contributed by atoms with Crippen molar-refractivity contribution in [2.75, 3.05) is 19.7 Å². The molecule has 2 aliphatic rings. The maximum atomic E-state index is 13.0. The van der Waals surface area contributed by atoms with Crippen molar-refractivity contribution in [1.82, 2.24) is 9.80 Å². The number of carbonyl (C=O) groups excluding carboxylic acids is 2. The molecule has 0 saturated carbocycles. The second-order valence-corrected chi connectivity index (χ2v) is 7.37. The van der Waals surface area contributed by atoms with E-state index in [-0.39, 0.29) is 18.3 Å². The first-order chi connectivity index (χ1) is 13.9. The Morgan fingerprint density at radius 1 is 1.07 bits per heavy atom. The Hall–Kier alpha value is -3.13. The first-order valence-electron chi connectivity index (χ1n) is 9.52.